The summed E-state index contributed by atoms with van der Waals surface area (Å²) < 4.78 is 9.51. The molecule has 0 aromatic heterocycles. The first kappa shape index (κ1) is 11.8. The second-order valence-corrected chi connectivity index (χ2v) is 4.52. The van der Waals surface area contributed by atoms with Gasteiger partial charge < -0.3 is 9.47 Å². The molecule has 2 fully saturated rings. The van der Waals surface area contributed by atoms with Gasteiger partial charge in [-0.1, -0.05) is 6.58 Å². The van der Waals surface area contributed by atoms with E-state index in [2.05, 4.69) is 11.3 Å². The molecule has 1 saturated carbocycles. The zero-order valence-corrected chi connectivity index (χ0v) is 9.60. The van der Waals surface area contributed by atoms with E-state index in [0.717, 1.165) is 0 Å². The molecular formula is C12H14O5. The molecule has 2 aliphatic rings. The Morgan fingerprint density at radius 3 is 2.71 bits per heavy atom. The summed E-state index contributed by atoms with van der Waals surface area (Å²) >= 11 is 0. The fourth-order valence-corrected chi connectivity index (χ4v) is 2.54. The highest BCUT2D eigenvalue weighted by atomic mass is 16.6. The molecule has 1 saturated heterocycles. The first-order valence-corrected chi connectivity index (χ1v) is 5.61. The van der Waals surface area contributed by atoms with Crippen LogP contribution in [0, 0.1) is 17.8 Å². The predicted octanol–water partition coefficient (Wildman–Crippen LogP) is 1.18. The summed E-state index contributed by atoms with van der Waals surface area (Å²) in [7, 11) is 0. The van der Waals surface area contributed by atoms with E-state index in [0.29, 0.717) is 25.0 Å². The van der Waals surface area contributed by atoms with Crippen LogP contribution in [0.4, 0.5) is 0 Å². The van der Waals surface area contributed by atoms with E-state index in [1.165, 1.54) is 6.92 Å². The van der Waals surface area contributed by atoms with Gasteiger partial charge in [0, 0.05) is 12.8 Å². The van der Waals surface area contributed by atoms with Gasteiger partial charge in [0.05, 0.1) is 11.8 Å². The zero-order chi connectivity index (χ0) is 12.6. The first-order valence-electron chi connectivity index (χ1n) is 5.61. The van der Waals surface area contributed by atoms with Crippen LogP contribution < -0.4 is 0 Å². The van der Waals surface area contributed by atoms with Gasteiger partial charge in [0.2, 0.25) is 0 Å². The lowest BCUT2D eigenvalue weighted by Crippen LogP contribution is -2.31. The summed E-state index contributed by atoms with van der Waals surface area (Å²) in [4.78, 5) is 33.8. The number of cyclic esters (lactones) is 1. The van der Waals surface area contributed by atoms with Crippen molar-refractivity contribution in [3.8, 4) is 0 Å². The molecule has 0 N–H and O–H groups in total. The van der Waals surface area contributed by atoms with Crippen molar-refractivity contribution in [1.82, 2.24) is 0 Å². The van der Waals surface area contributed by atoms with Crippen molar-refractivity contribution in [2.45, 2.75) is 26.2 Å². The van der Waals surface area contributed by atoms with Crippen molar-refractivity contribution in [3.63, 3.8) is 0 Å². The van der Waals surface area contributed by atoms with Gasteiger partial charge in [0.15, 0.2) is 0 Å². The van der Waals surface area contributed by atoms with Crippen molar-refractivity contribution < 1.29 is 23.9 Å². The molecule has 3 unspecified atom stereocenters. The maximum Gasteiger partial charge on any atom is 0.316 e. The Hall–Kier alpha value is -1.65. The highest BCUT2D eigenvalue weighted by Crippen LogP contribution is 2.43. The number of hydrogen-bond donors (Lipinski definition) is 0. The number of rotatable bonds is 1. The fourth-order valence-electron chi connectivity index (χ4n) is 2.54. The second kappa shape index (κ2) is 4.31. The molecule has 0 bridgehead atoms. The minimum Gasteiger partial charge on any atom is -0.431 e. The van der Waals surface area contributed by atoms with Crippen molar-refractivity contribution in [1.29, 1.82) is 0 Å². The molecule has 92 valence electrons. The Balaban J connectivity index is 2.02. The molecule has 1 aliphatic heterocycles. The van der Waals surface area contributed by atoms with E-state index in [1.54, 1.807) is 0 Å². The number of fused-ring (bicyclic) bond motifs is 1. The highest BCUT2D eigenvalue weighted by Gasteiger charge is 2.46. The summed E-state index contributed by atoms with van der Waals surface area (Å²) in [5, 5.41) is 0. The Morgan fingerprint density at radius 2 is 2.06 bits per heavy atom. The van der Waals surface area contributed by atoms with Crippen LogP contribution >= 0.6 is 0 Å². The predicted molar refractivity (Wildman–Crippen MR) is 56.3 cm³/mol. The topological polar surface area (TPSA) is 69.7 Å². The van der Waals surface area contributed by atoms with Crippen LogP contribution in [0.5, 0.6) is 0 Å². The second-order valence-electron chi connectivity index (χ2n) is 4.52. The van der Waals surface area contributed by atoms with E-state index in [-0.39, 0.29) is 17.8 Å². The quantitative estimate of drug-likeness (QED) is 0.506. The molecule has 5 heteroatoms. The lowest BCUT2D eigenvalue weighted by Gasteiger charge is -2.26. The number of carbonyl (C=O) groups is 3. The van der Waals surface area contributed by atoms with Gasteiger partial charge in [-0.25, -0.2) is 0 Å². The zero-order valence-electron chi connectivity index (χ0n) is 9.60. The minimum absolute atomic E-state index is 0.0175. The first-order chi connectivity index (χ1) is 7.99. The third-order valence-electron chi connectivity index (χ3n) is 3.38. The van der Waals surface area contributed by atoms with Gasteiger partial charge in [-0.05, 0) is 19.3 Å². The molecule has 0 radical (unpaired) electrons. The third-order valence-corrected chi connectivity index (χ3v) is 3.38. The van der Waals surface area contributed by atoms with Crippen LogP contribution in [0.2, 0.25) is 0 Å². The molecule has 0 aromatic carbocycles. The molecule has 1 heterocycles. The maximum absolute atomic E-state index is 11.6. The standard InChI is InChI=1S/C12H14O5/c1-6-9-4-3-8(11(14)17-7(2)13)5-10(9)12(15)16-6/h8-10H,1,3-5H2,2H3. The van der Waals surface area contributed by atoms with Crippen molar-refractivity contribution >= 4 is 17.9 Å². The summed E-state index contributed by atoms with van der Waals surface area (Å²) in [5.74, 6) is -1.65. The van der Waals surface area contributed by atoms with Gasteiger partial charge in [-0.3, -0.25) is 14.4 Å². The smallest absolute Gasteiger partial charge is 0.316 e. The Morgan fingerprint density at radius 1 is 1.35 bits per heavy atom. The maximum atomic E-state index is 11.6. The molecule has 5 nitrogen and oxygen atoms in total. The van der Waals surface area contributed by atoms with Gasteiger partial charge >= 0.3 is 17.9 Å². The number of ether oxygens (including phenoxy) is 2. The average molecular weight is 238 g/mol. The van der Waals surface area contributed by atoms with E-state index in [9.17, 15) is 14.4 Å². The number of hydrogen-bond acceptors (Lipinski definition) is 5. The molecule has 3 atom stereocenters. The largest absolute Gasteiger partial charge is 0.431 e. The summed E-state index contributed by atoms with van der Waals surface area (Å²) in [6, 6.07) is 0. The molecule has 0 amide bonds. The Labute approximate surface area is 98.8 Å². The summed E-state index contributed by atoms with van der Waals surface area (Å²) in [5.41, 5.74) is 0. The van der Waals surface area contributed by atoms with Crippen LogP contribution in [0.15, 0.2) is 12.3 Å². The van der Waals surface area contributed by atoms with Crippen LogP contribution in [0.3, 0.4) is 0 Å². The van der Waals surface area contributed by atoms with Crippen LogP contribution in [-0.2, 0) is 23.9 Å². The lowest BCUT2D eigenvalue weighted by molar-refractivity contribution is -0.162. The average Bonchev–Trinajstić information content (AvgIpc) is 2.53. The number of carbonyl (C=O) groups excluding carboxylic acids is 3. The summed E-state index contributed by atoms with van der Waals surface area (Å²) in [6.07, 6.45) is 1.66. The van der Waals surface area contributed by atoms with Crippen molar-refractivity contribution in [3.05, 3.63) is 12.3 Å². The lowest BCUT2D eigenvalue weighted by atomic mass is 9.75. The molecule has 17 heavy (non-hydrogen) atoms. The van der Waals surface area contributed by atoms with E-state index >= 15 is 0 Å². The monoisotopic (exact) mass is 238 g/mol. The SMILES string of the molecule is C=C1OC(=O)C2CC(C(=O)OC(C)=O)CCC12. The summed E-state index contributed by atoms with van der Waals surface area (Å²) in [6.45, 7) is 4.88. The van der Waals surface area contributed by atoms with Crippen LogP contribution in [-0.4, -0.2) is 17.9 Å². The Bertz CT molecular complexity index is 398. The number of esters is 3. The van der Waals surface area contributed by atoms with Gasteiger partial charge in [-0.15, -0.1) is 0 Å². The van der Waals surface area contributed by atoms with Crippen molar-refractivity contribution in [2.24, 2.45) is 17.8 Å². The minimum atomic E-state index is -0.615. The van der Waals surface area contributed by atoms with Gasteiger partial charge in [0.25, 0.3) is 0 Å². The van der Waals surface area contributed by atoms with E-state index < -0.39 is 17.9 Å². The number of allylic oxidation sites excluding steroid dienone is 1. The fraction of sp³-hybridized carbons (Fsp3) is 0.583. The molecule has 1 aliphatic carbocycles. The third kappa shape index (κ3) is 2.23. The molecule has 0 spiro atoms. The van der Waals surface area contributed by atoms with Crippen LogP contribution in [0.1, 0.15) is 26.2 Å². The molecule has 2 rings (SSSR count). The Kier molecular flexibility index (Phi) is 3.00. The van der Waals surface area contributed by atoms with Crippen LogP contribution in [0.25, 0.3) is 0 Å². The normalized spacial score (nSPS) is 31.7. The highest BCUT2D eigenvalue weighted by molar-refractivity contribution is 5.86. The molecular weight excluding hydrogens is 224 g/mol. The van der Waals surface area contributed by atoms with Gasteiger partial charge in [0.1, 0.15) is 5.76 Å². The van der Waals surface area contributed by atoms with E-state index in [4.69, 9.17) is 4.74 Å². The van der Waals surface area contributed by atoms with E-state index in [1.807, 2.05) is 0 Å². The van der Waals surface area contributed by atoms with Crippen molar-refractivity contribution in [2.75, 3.05) is 0 Å². The van der Waals surface area contributed by atoms with Gasteiger partial charge in [-0.2, -0.15) is 0 Å². The molecule has 0 aromatic rings.